The molecular formula is C18H16N2O. The Hall–Kier alpha value is -2.55. The quantitative estimate of drug-likeness (QED) is 0.669. The Morgan fingerprint density at radius 3 is 2.48 bits per heavy atom. The summed E-state index contributed by atoms with van der Waals surface area (Å²) in [6.45, 7) is 0. The van der Waals surface area contributed by atoms with E-state index in [-0.39, 0.29) is 11.9 Å². The van der Waals surface area contributed by atoms with Crippen molar-refractivity contribution in [2.75, 3.05) is 7.05 Å². The number of aryl methyl sites for hydroxylation is 1. The number of nitrogens with zero attached hydrogens (tertiary/aromatic N) is 2. The highest BCUT2D eigenvalue weighted by Crippen LogP contribution is 2.40. The zero-order valence-electron chi connectivity index (χ0n) is 12.1. The van der Waals surface area contributed by atoms with Crippen LogP contribution < -0.4 is 0 Å². The van der Waals surface area contributed by atoms with Gasteiger partial charge in [0.2, 0.25) is 0 Å². The van der Waals surface area contributed by atoms with Crippen molar-refractivity contribution >= 4 is 16.8 Å². The van der Waals surface area contributed by atoms with Crippen LogP contribution in [0.3, 0.4) is 0 Å². The number of amides is 1. The van der Waals surface area contributed by atoms with Crippen LogP contribution in [-0.2, 0) is 7.05 Å². The van der Waals surface area contributed by atoms with Gasteiger partial charge in [-0.05, 0) is 17.2 Å². The van der Waals surface area contributed by atoms with Crippen molar-refractivity contribution in [2.45, 2.75) is 6.04 Å². The minimum atomic E-state index is -0.0164. The molecule has 3 aromatic rings. The third-order valence-electron chi connectivity index (χ3n) is 4.39. The van der Waals surface area contributed by atoms with Gasteiger partial charge in [-0.3, -0.25) is 4.79 Å². The van der Waals surface area contributed by atoms with Gasteiger partial charge in [0.15, 0.2) is 0 Å². The molecule has 1 atom stereocenters. The maximum atomic E-state index is 12.7. The number of hydrogen-bond donors (Lipinski definition) is 0. The molecule has 0 spiro atoms. The fraction of sp³-hybridized carbons (Fsp3) is 0.167. The maximum Gasteiger partial charge on any atom is 0.256 e. The Labute approximate surface area is 123 Å². The van der Waals surface area contributed by atoms with E-state index in [4.69, 9.17) is 0 Å². The van der Waals surface area contributed by atoms with Gasteiger partial charge in [-0.15, -0.1) is 0 Å². The fourth-order valence-electron chi connectivity index (χ4n) is 3.42. The number of benzene rings is 2. The van der Waals surface area contributed by atoms with E-state index in [1.807, 2.05) is 48.0 Å². The summed E-state index contributed by atoms with van der Waals surface area (Å²) in [5, 5.41) is 1.09. The van der Waals surface area contributed by atoms with Crippen LogP contribution in [0, 0.1) is 0 Å². The highest BCUT2D eigenvalue weighted by Gasteiger charge is 2.33. The van der Waals surface area contributed by atoms with Crippen molar-refractivity contribution in [1.29, 1.82) is 0 Å². The topological polar surface area (TPSA) is 25.2 Å². The molecule has 1 unspecified atom stereocenters. The summed E-state index contributed by atoms with van der Waals surface area (Å²) in [7, 11) is 3.88. The molecule has 2 aromatic carbocycles. The summed E-state index contributed by atoms with van der Waals surface area (Å²) in [5.74, 6) is 0.0909. The molecule has 0 saturated carbocycles. The second kappa shape index (κ2) is 4.22. The molecule has 0 radical (unpaired) electrons. The number of rotatable bonds is 1. The van der Waals surface area contributed by atoms with E-state index in [2.05, 4.69) is 30.3 Å². The second-order valence-corrected chi connectivity index (χ2v) is 5.62. The molecule has 21 heavy (non-hydrogen) atoms. The van der Waals surface area contributed by atoms with Crippen molar-refractivity contribution in [3.63, 3.8) is 0 Å². The summed E-state index contributed by atoms with van der Waals surface area (Å²) in [5.41, 5.74) is 4.27. The largest absolute Gasteiger partial charge is 0.350 e. The molecule has 0 bridgehead atoms. The van der Waals surface area contributed by atoms with Gasteiger partial charge in [-0.1, -0.05) is 42.5 Å². The van der Waals surface area contributed by atoms with Crippen LogP contribution in [-0.4, -0.2) is 22.4 Å². The molecule has 0 fully saturated rings. The summed E-state index contributed by atoms with van der Waals surface area (Å²) < 4.78 is 2.04. The molecule has 2 heterocycles. The first kappa shape index (κ1) is 12.2. The van der Waals surface area contributed by atoms with E-state index in [1.54, 1.807) is 0 Å². The monoisotopic (exact) mass is 276 g/mol. The van der Waals surface area contributed by atoms with Crippen LogP contribution in [0.2, 0.25) is 0 Å². The van der Waals surface area contributed by atoms with Crippen molar-refractivity contribution in [3.8, 4) is 0 Å². The number of carbonyl (C=O) groups is 1. The molecule has 1 aromatic heterocycles. The summed E-state index contributed by atoms with van der Waals surface area (Å²) in [4.78, 5) is 14.6. The van der Waals surface area contributed by atoms with E-state index in [1.165, 1.54) is 5.56 Å². The van der Waals surface area contributed by atoms with Gasteiger partial charge >= 0.3 is 0 Å². The summed E-state index contributed by atoms with van der Waals surface area (Å²) in [6.07, 6.45) is 1.94. The minimum absolute atomic E-state index is 0.0164. The molecule has 3 nitrogen and oxygen atoms in total. The molecule has 0 aliphatic carbocycles. The summed E-state index contributed by atoms with van der Waals surface area (Å²) >= 11 is 0. The van der Waals surface area contributed by atoms with Crippen LogP contribution >= 0.6 is 0 Å². The third kappa shape index (κ3) is 1.57. The molecule has 1 amide bonds. The minimum Gasteiger partial charge on any atom is -0.350 e. The summed E-state index contributed by atoms with van der Waals surface area (Å²) in [6, 6.07) is 16.5. The lowest BCUT2D eigenvalue weighted by Crippen LogP contribution is -2.35. The van der Waals surface area contributed by atoms with Gasteiger partial charge in [-0.25, -0.2) is 0 Å². The van der Waals surface area contributed by atoms with Crippen molar-refractivity contribution in [3.05, 3.63) is 71.4 Å². The second-order valence-electron chi connectivity index (χ2n) is 5.62. The first-order valence-corrected chi connectivity index (χ1v) is 7.08. The van der Waals surface area contributed by atoms with Crippen LogP contribution in [0.5, 0.6) is 0 Å². The van der Waals surface area contributed by atoms with Crippen LogP contribution in [0.1, 0.15) is 27.5 Å². The fourth-order valence-corrected chi connectivity index (χ4v) is 3.42. The van der Waals surface area contributed by atoms with Crippen LogP contribution in [0.25, 0.3) is 10.9 Å². The standard InChI is InChI=1S/C18H16N2O/c1-19-11-14-16-13(9-6-10-15(16)19)17(20(2)18(14)21)12-7-4-3-5-8-12/h3-11,17H,1-2H3. The molecular weight excluding hydrogens is 260 g/mol. The van der Waals surface area contributed by atoms with E-state index in [9.17, 15) is 4.79 Å². The third-order valence-corrected chi connectivity index (χ3v) is 4.39. The lowest BCUT2D eigenvalue weighted by Gasteiger charge is -2.33. The zero-order valence-corrected chi connectivity index (χ0v) is 12.1. The highest BCUT2D eigenvalue weighted by molar-refractivity contribution is 6.10. The van der Waals surface area contributed by atoms with Gasteiger partial charge < -0.3 is 9.47 Å². The Balaban J connectivity index is 2.07. The molecule has 4 rings (SSSR count). The Morgan fingerprint density at radius 1 is 0.952 bits per heavy atom. The van der Waals surface area contributed by atoms with E-state index >= 15 is 0 Å². The number of carbonyl (C=O) groups excluding carboxylic acids is 1. The van der Waals surface area contributed by atoms with Crippen molar-refractivity contribution in [1.82, 2.24) is 9.47 Å². The van der Waals surface area contributed by atoms with Gasteiger partial charge in [-0.2, -0.15) is 0 Å². The zero-order chi connectivity index (χ0) is 14.6. The molecule has 3 heteroatoms. The Morgan fingerprint density at radius 2 is 1.71 bits per heavy atom. The lowest BCUT2D eigenvalue weighted by atomic mass is 9.89. The SMILES string of the molecule is CN1C(=O)c2cn(C)c3cccc(c23)C1c1ccccc1. The van der Waals surface area contributed by atoms with Gasteiger partial charge in [0, 0.05) is 31.2 Å². The van der Waals surface area contributed by atoms with Crippen LogP contribution in [0.15, 0.2) is 54.7 Å². The normalized spacial score (nSPS) is 17.5. The number of aromatic nitrogens is 1. The molecule has 0 N–H and O–H groups in total. The van der Waals surface area contributed by atoms with Gasteiger partial charge in [0.1, 0.15) is 0 Å². The van der Waals surface area contributed by atoms with Crippen molar-refractivity contribution in [2.24, 2.45) is 7.05 Å². The van der Waals surface area contributed by atoms with Gasteiger partial charge in [0.05, 0.1) is 11.6 Å². The average Bonchev–Trinajstić information content (AvgIpc) is 2.85. The smallest absolute Gasteiger partial charge is 0.256 e. The molecule has 1 aliphatic rings. The van der Waals surface area contributed by atoms with E-state index in [0.717, 1.165) is 22.0 Å². The Kier molecular flexibility index (Phi) is 2.45. The predicted octanol–water partition coefficient (Wildman–Crippen LogP) is 3.35. The van der Waals surface area contributed by atoms with Gasteiger partial charge in [0.25, 0.3) is 5.91 Å². The maximum absolute atomic E-state index is 12.7. The average molecular weight is 276 g/mol. The van der Waals surface area contributed by atoms with Crippen molar-refractivity contribution < 1.29 is 4.79 Å². The Bertz CT molecular complexity index is 848. The highest BCUT2D eigenvalue weighted by atomic mass is 16.2. The van der Waals surface area contributed by atoms with Crippen LogP contribution in [0.4, 0.5) is 0 Å². The first-order chi connectivity index (χ1) is 10.2. The lowest BCUT2D eigenvalue weighted by molar-refractivity contribution is 0.0749. The van der Waals surface area contributed by atoms with E-state index in [0.29, 0.717) is 0 Å². The molecule has 104 valence electrons. The van der Waals surface area contributed by atoms with E-state index < -0.39 is 0 Å². The first-order valence-electron chi connectivity index (χ1n) is 7.08. The molecule has 0 saturated heterocycles. The number of hydrogen-bond acceptors (Lipinski definition) is 1. The molecule has 1 aliphatic heterocycles. The predicted molar refractivity (Wildman–Crippen MR) is 83.3 cm³/mol.